The zero-order valence-electron chi connectivity index (χ0n) is 11.5. The minimum absolute atomic E-state index is 0.107. The Balaban J connectivity index is 1.61. The van der Waals surface area contributed by atoms with E-state index in [4.69, 9.17) is 4.52 Å². The highest BCUT2D eigenvalue weighted by molar-refractivity contribution is 8.00. The summed E-state index contributed by atoms with van der Waals surface area (Å²) in [6, 6.07) is 16.0. The van der Waals surface area contributed by atoms with Crippen molar-refractivity contribution >= 4 is 34.3 Å². The lowest BCUT2D eigenvalue weighted by atomic mass is 10.1. The molecule has 4 nitrogen and oxygen atoms in total. The molecule has 0 aliphatic rings. The number of hydrogen-bond acceptors (Lipinski definition) is 4. The topological polar surface area (TPSA) is 55.1 Å². The van der Waals surface area contributed by atoms with Crippen LogP contribution in [0.2, 0.25) is 0 Å². The molecule has 0 bridgehead atoms. The third kappa shape index (κ3) is 3.44. The molecule has 0 spiro atoms. The summed E-state index contributed by atoms with van der Waals surface area (Å²) in [6.45, 7) is 1.81. The molecule has 1 amide bonds. The quantitative estimate of drug-likeness (QED) is 0.743. The molecule has 3 aromatic rings. The fourth-order valence-electron chi connectivity index (χ4n) is 2.00. The van der Waals surface area contributed by atoms with Crippen molar-refractivity contribution in [2.75, 3.05) is 11.1 Å². The second-order valence-corrected chi connectivity index (χ2v) is 5.73. The second kappa shape index (κ2) is 6.01. The highest BCUT2D eigenvalue weighted by Gasteiger charge is 2.07. The molecule has 3 rings (SSSR count). The lowest BCUT2D eigenvalue weighted by Crippen LogP contribution is -2.13. The van der Waals surface area contributed by atoms with Gasteiger partial charge in [-0.3, -0.25) is 10.1 Å². The van der Waals surface area contributed by atoms with E-state index in [2.05, 4.69) is 34.7 Å². The molecule has 0 atom stereocenters. The molecule has 1 N–H and O–H groups in total. The molecule has 0 saturated carbocycles. The largest absolute Gasteiger partial charge is 0.338 e. The Morgan fingerprint density at radius 1 is 1.19 bits per heavy atom. The van der Waals surface area contributed by atoms with Gasteiger partial charge in [0.1, 0.15) is 0 Å². The SMILES string of the molecule is Cc1cc(NC(=O)CSc2ccc3ccccc3c2)on1. The van der Waals surface area contributed by atoms with Crippen LogP contribution in [0.3, 0.4) is 0 Å². The smallest absolute Gasteiger partial charge is 0.237 e. The fraction of sp³-hybridized carbons (Fsp3) is 0.125. The Morgan fingerprint density at radius 2 is 2.00 bits per heavy atom. The summed E-state index contributed by atoms with van der Waals surface area (Å²) in [5.74, 6) is 0.610. The third-order valence-corrected chi connectivity index (χ3v) is 3.98. The Kier molecular flexibility index (Phi) is 3.92. The zero-order valence-corrected chi connectivity index (χ0v) is 12.3. The summed E-state index contributed by atoms with van der Waals surface area (Å²) in [6.07, 6.45) is 0. The van der Waals surface area contributed by atoms with Crippen LogP contribution < -0.4 is 5.32 Å². The van der Waals surface area contributed by atoms with E-state index < -0.39 is 0 Å². The molecule has 0 saturated heterocycles. The van der Waals surface area contributed by atoms with E-state index in [1.807, 2.05) is 25.1 Å². The van der Waals surface area contributed by atoms with Crippen molar-refractivity contribution in [3.63, 3.8) is 0 Å². The molecule has 0 unspecified atom stereocenters. The fourth-order valence-corrected chi connectivity index (χ4v) is 2.75. The highest BCUT2D eigenvalue weighted by atomic mass is 32.2. The summed E-state index contributed by atoms with van der Waals surface area (Å²) >= 11 is 1.50. The van der Waals surface area contributed by atoms with Gasteiger partial charge in [-0.2, -0.15) is 0 Å². The van der Waals surface area contributed by atoms with Crippen molar-refractivity contribution in [1.82, 2.24) is 5.16 Å². The van der Waals surface area contributed by atoms with Crippen LogP contribution in [0.5, 0.6) is 0 Å². The number of thioether (sulfide) groups is 1. The molecule has 1 heterocycles. The Bertz CT molecular complexity index is 783. The lowest BCUT2D eigenvalue weighted by Gasteiger charge is -2.03. The van der Waals surface area contributed by atoms with Crippen molar-refractivity contribution < 1.29 is 9.32 Å². The van der Waals surface area contributed by atoms with Gasteiger partial charge in [0.25, 0.3) is 0 Å². The molecule has 0 radical (unpaired) electrons. The first-order valence-corrected chi connectivity index (χ1v) is 7.54. The normalized spacial score (nSPS) is 10.7. The number of aryl methyl sites for hydroxylation is 1. The van der Waals surface area contributed by atoms with Gasteiger partial charge in [-0.15, -0.1) is 11.8 Å². The van der Waals surface area contributed by atoms with Crippen molar-refractivity contribution in [2.45, 2.75) is 11.8 Å². The first kappa shape index (κ1) is 13.7. The van der Waals surface area contributed by atoms with Crippen LogP contribution in [-0.2, 0) is 4.79 Å². The Hall–Kier alpha value is -2.27. The molecule has 21 heavy (non-hydrogen) atoms. The standard InChI is InChI=1S/C16H14N2O2S/c1-11-8-16(20-18-11)17-15(19)10-21-14-7-6-12-4-2-3-5-13(12)9-14/h2-9H,10H2,1H3,(H,17,19). The molecule has 0 fully saturated rings. The number of nitrogens with zero attached hydrogens (tertiary/aromatic N) is 1. The Labute approximate surface area is 126 Å². The molecule has 5 heteroatoms. The van der Waals surface area contributed by atoms with E-state index in [9.17, 15) is 4.79 Å². The summed E-state index contributed by atoms with van der Waals surface area (Å²) in [4.78, 5) is 12.9. The number of fused-ring (bicyclic) bond motifs is 1. The minimum Gasteiger partial charge on any atom is -0.338 e. The summed E-state index contributed by atoms with van der Waals surface area (Å²) in [7, 11) is 0. The van der Waals surface area contributed by atoms with Crippen molar-refractivity contribution in [3.05, 3.63) is 54.2 Å². The van der Waals surface area contributed by atoms with Crippen LogP contribution in [0, 0.1) is 6.92 Å². The predicted octanol–water partition coefficient (Wildman–Crippen LogP) is 3.87. The molecule has 2 aromatic carbocycles. The first-order chi connectivity index (χ1) is 10.2. The number of nitrogens with one attached hydrogen (secondary N) is 1. The molecular formula is C16H14N2O2S. The summed E-state index contributed by atoms with van der Waals surface area (Å²) in [5.41, 5.74) is 0.743. The average molecular weight is 298 g/mol. The van der Waals surface area contributed by atoms with E-state index >= 15 is 0 Å². The number of amides is 1. The maximum Gasteiger partial charge on any atom is 0.237 e. The number of rotatable bonds is 4. The van der Waals surface area contributed by atoms with E-state index in [1.165, 1.54) is 22.5 Å². The third-order valence-electron chi connectivity index (χ3n) is 2.98. The van der Waals surface area contributed by atoms with Crippen LogP contribution in [0.25, 0.3) is 10.8 Å². The van der Waals surface area contributed by atoms with Crippen LogP contribution in [0.4, 0.5) is 5.88 Å². The Morgan fingerprint density at radius 3 is 2.76 bits per heavy atom. The number of aromatic nitrogens is 1. The van der Waals surface area contributed by atoms with Crippen LogP contribution in [0.15, 0.2) is 57.9 Å². The van der Waals surface area contributed by atoms with E-state index in [0.717, 1.165) is 10.6 Å². The number of hydrogen-bond donors (Lipinski definition) is 1. The van der Waals surface area contributed by atoms with Gasteiger partial charge < -0.3 is 4.52 Å². The highest BCUT2D eigenvalue weighted by Crippen LogP contribution is 2.23. The van der Waals surface area contributed by atoms with Gasteiger partial charge in [-0.05, 0) is 29.8 Å². The molecule has 0 aliphatic carbocycles. The number of carbonyl (C=O) groups excluding carboxylic acids is 1. The summed E-state index contributed by atoms with van der Waals surface area (Å²) in [5, 5.41) is 8.78. The molecular weight excluding hydrogens is 284 g/mol. The monoisotopic (exact) mass is 298 g/mol. The summed E-state index contributed by atoms with van der Waals surface area (Å²) < 4.78 is 4.95. The van der Waals surface area contributed by atoms with Gasteiger partial charge in [-0.1, -0.05) is 35.5 Å². The maximum absolute atomic E-state index is 11.8. The van der Waals surface area contributed by atoms with Gasteiger partial charge in [0, 0.05) is 11.0 Å². The van der Waals surface area contributed by atoms with Gasteiger partial charge in [0.15, 0.2) is 0 Å². The van der Waals surface area contributed by atoms with Crippen molar-refractivity contribution in [3.8, 4) is 0 Å². The number of anilines is 1. The first-order valence-electron chi connectivity index (χ1n) is 6.55. The minimum atomic E-state index is -0.107. The van der Waals surface area contributed by atoms with Gasteiger partial charge >= 0.3 is 0 Å². The van der Waals surface area contributed by atoms with Crippen molar-refractivity contribution in [2.24, 2.45) is 0 Å². The molecule has 0 aliphatic heterocycles. The average Bonchev–Trinajstić information content (AvgIpc) is 2.90. The maximum atomic E-state index is 11.8. The molecule has 1 aromatic heterocycles. The molecule has 106 valence electrons. The second-order valence-electron chi connectivity index (χ2n) is 4.68. The number of benzene rings is 2. The predicted molar refractivity (Wildman–Crippen MR) is 84.5 cm³/mol. The number of carbonyl (C=O) groups is 1. The van der Waals surface area contributed by atoms with E-state index in [0.29, 0.717) is 11.6 Å². The van der Waals surface area contributed by atoms with E-state index in [1.54, 1.807) is 6.07 Å². The van der Waals surface area contributed by atoms with Crippen LogP contribution in [0.1, 0.15) is 5.69 Å². The van der Waals surface area contributed by atoms with Crippen LogP contribution in [-0.4, -0.2) is 16.8 Å². The van der Waals surface area contributed by atoms with Gasteiger partial charge in [0.05, 0.1) is 11.4 Å². The van der Waals surface area contributed by atoms with E-state index in [-0.39, 0.29) is 5.91 Å². The van der Waals surface area contributed by atoms with Crippen LogP contribution >= 0.6 is 11.8 Å². The van der Waals surface area contributed by atoms with Gasteiger partial charge in [-0.25, -0.2) is 0 Å². The van der Waals surface area contributed by atoms with Crippen molar-refractivity contribution in [1.29, 1.82) is 0 Å². The van der Waals surface area contributed by atoms with Gasteiger partial charge in [0.2, 0.25) is 11.8 Å². The zero-order chi connectivity index (χ0) is 14.7. The lowest BCUT2D eigenvalue weighted by molar-refractivity contribution is -0.113.